The van der Waals surface area contributed by atoms with E-state index in [1.807, 2.05) is 19.9 Å². The number of ether oxygens (including phenoxy) is 1. The lowest BCUT2D eigenvalue weighted by molar-refractivity contribution is -0.144. The summed E-state index contributed by atoms with van der Waals surface area (Å²) < 4.78 is 37.0. The minimum Gasteiger partial charge on any atom is -0.467 e. The third kappa shape index (κ3) is 11.0. The number of carbonyl (C=O) groups is 2. The molecule has 1 aliphatic rings. The van der Waals surface area contributed by atoms with Crippen LogP contribution < -0.4 is 15.8 Å². The first-order valence-corrected chi connectivity index (χ1v) is 14.6. The Kier molecular flexibility index (Phi) is 12.5. The topological polar surface area (TPSA) is 164 Å². The second-order valence-electron chi connectivity index (χ2n) is 9.79. The van der Waals surface area contributed by atoms with E-state index in [1.165, 1.54) is 7.11 Å². The third-order valence-corrected chi connectivity index (χ3v) is 7.27. The van der Waals surface area contributed by atoms with Crippen LogP contribution in [0.1, 0.15) is 77.2 Å². The fraction of sp³-hybridized carbons (Fsp3) is 0.556. The zero-order valence-electron chi connectivity index (χ0n) is 22.6. The highest BCUT2D eigenvalue weighted by atomic mass is 32.2. The molecule has 0 saturated heterocycles. The number of nitrogens with two attached hydrogens (primary N) is 1. The molecule has 5 N–H and O–H groups in total. The molecule has 0 aliphatic heterocycles. The summed E-state index contributed by atoms with van der Waals surface area (Å²) in [5.41, 5.74) is 8.03. The number of nitrogens with one attached hydrogen (secondary N) is 3. The first-order valence-electron chi connectivity index (χ1n) is 13.1. The molecule has 1 aliphatic carbocycles. The Labute approximate surface area is 226 Å². The van der Waals surface area contributed by atoms with Crippen molar-refractivity contribution in [2.45, 2.75) is 84.1 Å². The van der Waals surface area contributed by atoms with Crippen LogP contribution >= 0.6 is 0 Å². The molecule has 10 nitrogen and oxygen atoms in total. The predicted molar refractivity (Wildman–Crippen MR) is 150 cm³/mol. The lowest BCUT2D eigenvalue weighted by atomic mass is 9.95. The van der Waals surface area contributed by atoms with Crippen LogP contribution in [0.15, 0.2) is 40.4 Å². The van der Waals surface area contributed by atoms with Crippen molar-refractivity contribution in [2.24, 2.45) is 10.3 Å². The van der Waals surface area contributed by atoms with Gasteiger partial charge in [0.15, 0.2) is 0 Å². The maximum Gasteiger partial charge on any atom is 0.342 e. The SMILES string of the molecule is CCCC(=N)CCC(C)CC(=NS(=O)(=O)NC1=CCCCC1)C(=O)NC(Cc1ccc(N)cc1)C(=O)OC. The van der Waals surface area contributed by atoms with Crippen LogP contribution in [0.25, 0.3) is 0 Å². The van der Waals surface area contributed by atoms with Crippen LogP contribution in [0.2, 0.25) is 0 Å². The van der Waals surface area contributed by atoms with Crippen LogP contribution in [0.3, 0.4) is 0 Å². The van der Waals surface area contributed by atoms with E-state index >= 15 is 0 Å². The Bertz CT molecular complexity index is 1130. The molecular weight excluding hydrogens is 506 g/mol. The summed E-state index contributed by atoms with van der Waals surface area (Å²) in [6, 6.07) is 5.81. The average Bonchev–Trinajstić information content (AvgIpc) is 2.87. The summed E-state index contributed by atoms with van der Waals surface area (Å²) in [4.78, 5) is 25.8. The summed E-state index contributed by atoms with van der Waals surface area (Å²) >= 11 is 0. The van der Waals surface area contributed by atoms with Crippen molar-refractivity contribution in [1.82, 2.24) is 10.0 Å². The summed E-state index contributed by atoms with van der Waals surface area (Å²) in [5.74, 6) is -1.53. The molecule has 1 amide bonds. The predicted octanol–water partition coefficient (Wildman–Crippen LogP) is 3.83. The van der Waals surface area contributed by atoms with Gasteiger partial charge in [0.1, 0.15) is 11.8 Å². The minimum atomic E-state index is -4.20. The minimum absolute atomic E-state index is 0.0704. The Morgan fingerprint density at radius 3 is 2.50 bits per heavy atom. The van der Waals surface area contributed by atoms with Gasteiger partial charge in [0, 0.05) is 23.5 Å². The molecule has 1 aromatic carbocycles. The molecule has 0 fully saturated rings. The van der Waals surface area contributed by atoms with Crippen molar-refractivity contribution >= 4 is 39.2 Å². The standard InChI is InChI=1S/C27H41N5O5S/c1-4-8-21(28)14-11-19(2)17-24(32-38(35,36)31-23-9-6-5-7-10-23)26(33)30-25(27(34)37-3)18-20-12-15-22(29)16-13-20/h9,12-13,15-16,19,25,28,31H,4-8,10-11,14,17-18,29H2,1-3H3,(H,30,33). The number of amides is 1. The maximum atomic E-state index is 13.3. The van der Waals surface area contributed by atoms with Gasteiger partial charge in [0.25, 0.3) is 5.91 Å². The first-order chi connectivity index (χ1) is 18.0. The zero-order chi connectivity index (χ0) is 28.1. The second-order valence-corrected chi connectivity index (χ2v) is 11.1. The van der Waals surface area contributed by atoms with Gasteiger partial charge < -0.3 is 21.2 Å². The zero-order valence-corrected chi connectivity index (χ0v) is 23.4. The van der Waals surface area contributed by atoms with Gasteiger partial charge in [-0.2, -0.15) is 8.42 Å². The number of hydrogen-bond donors (Lipinski definition) is 4. The molecule has 2 rings (SSSR count). The molecule has 0 heterocycles. The number of nitrogens with zero attached hydrogens (tertiary/aromatic N) is 1. The number of benzene rings is 1. The number of rotatable bonds is 15. The van der Waals surface area contributed by atoms with E-state index in [4.69, 9.17) is 15.9 Å². The van der Waals surface area contributed by atoms with Crippen molar-refractivity contribution in [2.75, 3.05) is 12.8 Å². The van der Waals surface area contributed by atoms with E-state index in [1.54, 1.807) is 24.3 Å². The maximum absolute atomic E-state index is 13.3. The molecule has 0 spiro atoms. The Morgan fingerprint density at radius 2 is 1.89 bits per heavy atom. The molecule has 0 aromatic heterocycles. The molecule has 0 saturated carbocycles. The number of carbonyl (C=O) groups excluding carboxylic acids is 2. The molecule has 1 aromatic rings. The Hall–Kier alpha value is -3.21. The van der Waals surface area contributed by atoms with Gasteiger partial charge in [-0.25, -0.2) is 4.79 Å². The van der Waals surface area contributed by atoms with Crippen LogP contribution in [0.5, 0.6) is 0 Å². The largest absolute Gasteiger partial charge is 0.467 e. The summed E-state index contributed by atoms with van der Waals surface area (Å²) in [6.07, 6.45) is 8.03. The Morgan fingerprint density at radius 1 is 1.18 bits per heavy atom. The first kappa shape index (κ1) is 31.0. The average molecular weight is 548 g/mol. The summed E-state index contributed by atoms with van der Waals surface area (Å²) in [7, 11) is -2.98. The Balaban J connectivity index is 2.26. The quantitative estimate of drug-likeness (QED) is 0.148. The molecule has 0 bridgehead atoms. The molecule has 2 atom stereocenters. The third-order valence-electron chi connectivity index (χ3n) is 6.29. The molecule has 2 unspecified atom stereocenters. The van der Waals surface area contributed by atoms with Crippen LogP contribution in [0, 0.1) is 11.3 Å². The van der Waals surface area contributed by atoms with E-state index in [-0.39, 0.29) is 24.5 Å². The molecule has 0 radical (unpaired) electrons. The fourth-order valence-electron chi connectivity index (χ4n) is 4.18. The second kappa shape index (κ2) is 15.3. The van der Waals surface area contributed by atoms with Crippen molar-refractivity contribution in [3.8, 4) is 0 Å². The van der Waals surface area contributed by atoms with E-state index in [0.717, 1.165) is 31.2 Å². The number of methoxy groups -OCH3 is 1. The lowest BCUT2D eigenvalue weighted by Gasteiger charge is -2.19. The number of esters is 1. The van der Waals surface area contributed by atoms with Gasteiger partial charge in [-0.15, -0.1) is 4.40 Å². The molecule has 38 heavy (non-hydrogen) atoms. The van der Waals surface area contributed by atoms with E-state index in [2.05, 4.69) is 14.4 Å². The van der Waals surface area contributed by atoms with Crippen LogP contribution in [-0.4, -0.2) is 44.9 Å². The number of allylic oxidation sites excluding steroid dienone is 2. The smallest absolute Gasteiger partial charge is 0.342 e. The van der Waals surface area contributed by atoms with Gasteiger partial charge in [-0.3, -0.25) is 9.52 Å². The van der Waals surface area contributed by atoms with Gasteiger partial charge in [0.2, 0.25) is 0 Å². The van der Waals surface area contributed by atoms with Crippen molar-refractivity contribution < 1.29 is 22.7 Å². The highest BCUT2D eigenvalue weighted by Crippen LogP contribution is 2.18. The number of nitrogen functional groups attached to an aromatic ring is 1. The van der Waals surface area contributed by atoms with E-state index < -0.39 is 28.1 Å². The summed E-state index contributed by atoms with van der Waals surface area (Å²) in [6.45, 7) is 3.90. The fourth-order valence-corrected chi connectivity index (χ4v) is 5.19. The van der Waals surface area contributed by atoms with Crippen molar-refractivity contribution in [1.29, 1.82) is 5.41 Å². The van der Waals surface area contributed by atoms with Crippen molar-refractivity contribution in [3.63, 3.8) is 0 Å². The normalized spacial score (nSPS) is 15.7. The lowest BCUT2D eigenvalue weighted by Crippen LogP contribution is -2.46. The van der Waals surface area contributed by atoms with Gasteiger partial charge in [0.05, 0.1) is 7.11 Å². The molecule has 210 valence electrons. The number of hydrogen-bond acceptors (Lipinski definition) is 7. The van der Waals surface area contributed by atoms with Gasteiger partial charge in [-0.1, -0.05) is 38.5 Å². The highest BCUT2D eigenvalue weighted by Gasteiger charge is 2.27. The van der Waals surface area contributed by atoms with Crippen LogP contribution in [0.4, 0.5) is 5.69 Å². The van der Waals surface area contributed by atoms with Crippen molar-refractivity contribution in [3.05, 3.63) is 41.6 Å². The highest BCUT2D eigenvalue weighted by molar-refractivity contribution is 7.88. The van der Waals surface area contributed by atoms with Gasteiger partial charge in [-0.05, 0) is 75.0 Å². The van der Waals surface area contributed by atoms with Gasteiger partial charge >= 0.3 is 16.2 Å². The number of anilines is 1. The van der Waals surface area contributed by atoms with Crippen LogP contribution in [-0.2, 0) is 31.0 Å². The molecule has 11 heteroatoms. The monoisotopic (exact) mass is 547 g/mol. The van der Waals surface area contributed by atoms with E-state index in [0.29, 0.717) is 42.8 Å². The summed E-state index contributed by atoms with van der Waals surface area (Å²) in [5, 5.41) is 10.7. The van der Waals surface area contributed by atoms with E-state index in [9.17, 15) is 18.0 Å². The molecular formula is C27H41N5O5S.